The number of phenolic OH excluding ortho intramolecular Hbond substituents is 3. The molecule has 0 heterocycles. The summed E-state index contributed by atoms with van der Waals surface area (Å²) >= 11 is 19.4. The number of hydrogen-bond acceptors (Lipinski definition) is 14. The zero-order valence-electron chi connectivity index (χ0n) is 43.7. The topological polar surface area (TPSA) is 194 Å². The highest BCUT2D eigenvalue weighted by atomic mass is 35.9. The van der Waals surface area contributed by atoms with Crippen LogP contribution >= 0.6 is 75.7 Å². The molecule has 0 aromatic heterocycles. The molecule has 0 bridgehead atoms. The molecule has 0 atom stereocenters. The third-order valence-electron chi connectivity index (χ3n) is 9.82. The molecule has 0 aliphatic rings. The van der Waals surface area contributed by atoms with Gasteiger partial charge in [0, 0.05) is 28.9 Å². The molecule has 0 unspecified atom stereocenters. The van der Waals surface area contributed by atoms with E-state index >= 15 is 0 Å². The number of rotatable bonds is 15. The van der Waals surface area contributed by atoms with Crippen LogP contribution in [0.3, 0.4) is 0 Å². The van der Waals surface area contributed by atoms with E-state index in [2.05, 4.69) is 31.9 Å². The van der Waals surface area contributed by atoms with Crippen LogP contribution in [-0.4, -0.2) is 21.7 Å². The number of aromatic hydroxyl groups is 3. The smallest absolute Gasteiger partial charge is 0.508 e. The van der Waals surface area contributed by atoms with Gasteiger partial charge in [0.15, 0.2) is 11.5 Å². The van der Waals surface area contributed by atoms with E-state index in [9.17, 15) is 13.7 Å². The van der Waals surface area contributed by atoms with Crippen molar-refractivity contribution in [2.75, 3.05) is 6.38 Å². The molecule has 0 aliphatic carbocycles. The van der Waals surface area contributed by atoms with Crippen LogP contribution in [0.1, 0.15) is 0 Å². The fourth-order valence-corrected chi connectivity index (χ4v) is 8.56. The van der Waals surface area contributed by atoms with Crippen LogP contribution in [0.5, 0.6) is 57.5 Å². The Hall–Kier alpha value is -7.98. The van der Waals surface area contributed by atoms with Gasteiger partial charge >= 0.3 is 22.6 Å². The second-order valence-electron chi connectivity index (χ2n) is 15.7. The predicted octanol–water partition coefficient (Wildman–Crippen LogP) is 20.7. The monoisotopic (exact) mass is 1270 g/mol. The minimum atomic E-state index is -4.04. The van der Waals surface area contributed by atoms with Crippen LogP contribution in [0, 0.1) is 0 Å². The molecule has 0 aliphatic heterocycles. The van der Waals surface area contributed by atoms with E-state index in [0.29, 0.717) is 46.0 Å². The second kappa shape index (κ2) is 38.7. The number of alkyl halides is 1. The lowest BCUT2D eigenvalue weighted by Crippen LogP contribution is -2.07. The van der Waals surface area contributed by atoms with Crippen LogP contribution in [0.2, 0.25) is 0 Å². The molecule has 0 saturated heterocycles. The van der Waals surface area contributed by atoms with Gasteiger partial charge in [-0.05, 0) is 155 Å². The van der Waals surface area contributed by atoms with E-state index in [0.717, 1.165) is 22.3 Å². The van der Waals surface area contributed by atoms with Crippen molar-refractivity contribution in [1.82, 2.24) is 0 Å². The van der Waals surface area contributed by atoms with Gasteiger partial charge in [-0.3, -0.25) is 14.3 Å². The number of hydrogen-bond donors (Lipinski definition) is 3. The van der Waals surface area contributed by atoms with Crippen molar-refractivity contribution < 1.29 is 66.0 Å². The van der Waals surface area contributed by atoms with E-state index in [1.54, 1.807) is 152 Å². The van der Waals surface area contributed by atoms with Gasteiger partial charge < -0.3 is 37.9 Å². The lowest BCUT2D eigenvalue weighted by molar-refractivity contribution is -0.0999. The van der Waals surface area contributed by atoms with Crippen molar-refractivity contribution in [2.24, 2.45) is 0 Å². The zero-order valence-corrected chi connectivity index (χ0v) is 50.3. The van der Waals surface area contributed by atoms with E-state index < -0.39 is 13.9 Å². The zero-order chi connectivity index (χ0) is 60.0. The molecule has 22 heteroatoms. The molecular formula is C61H52Cl4O14P4. The fourth-order valence-electron chi connectivity index (χ4n) is 6.25. The average molecular weight is 1270 g/mol. The van der Waals surface area contributed by atoms with E-state index in [1.807, 2.05) is 127 Å². The number of halogens is 4. The summed E-state index contributed by atoms with van der Waals surface area (Å²) in [5, 5.41) is 26.8. The number of para-hydroxylation sites is 6. The molecule has 0 fully saturated rings. The molecule has 3 N–H and O–H groups in total. The number of phosphoric acid groups is 1. The van der Waals surface area contributed by atoms with Crippen molar-refractivity contribution in [3.05, 3.63) is 279 Å². The van der Waals surface area contributed by atoms with Crippen LogP contribution in [0.15, 0.2) is 279 Å². The van der Waals surface area contributed by atoms with Crippen molar-refractivity contribution in [2.45, 2.75) is 0 Å². The summed E-state index contributed by atoms with van der Waals surface area (Å²) in [4.78, 5) is 10.7. The highest BCUT2D eigenvalue weighted by molar-refractivity contribution is 8.05. The maximum atomic E-state index is 13.6. The highest BCUT2D eigenvalue weighted by Crippen LogP contribution is 2.57. The second-order valence-corrected chi connectivity index (χ2v) is 22.2. The van der Waals surface area contributed by atoms with Crippen LogP contribution in [0.25, 0.3) is 22.3 Å². The van der Waals surface area contributed by atoms with Gasteiger partial charge in [-0.25, -0.2) is 9.13 Å². The lowest BCUT2D eigenvalue weighted by atomic mass is 10.1. The van der Waals surface area contributed by atoms with E-state index in [-0.39, 0.29) is 28.0 Å². The first kappa shape index (κ1) is 67.5. The Bertz CT molecular complexity index is 3340. The average Bonchev–Trinajstić information content (AvgIpc) is 3.53. The van der Waals surface area contributed by atoms with Gasteiger partial charge in [0.1, 0.15) is 46.0 Å². The summed E-state index contributed by atoms with van der Waals surface area (Å²) in [7, 11) is -4.71. The summed E-state index contributed by atoms with van der Waals surface area (Å²) in [5.74, 6) is 4.14. The fraction of sp³-hybridized carbons (Fsp3) is 0.0164. The standard InChI is InChI=1S/C30H23O6P.C12H10O2.C6H5Cl2O2P.C6H5O2P.C6H6O.CH3Cl.ClOP/c31-37(34-28-12-6-2-7-13-28,35-29-14-8-3-9-15-29)36-30-22-18-25(19-23-30)24-16-20-27(21-17-24)33-32-26-10-4-1-5-11-26;13-11-5-1-9(2-6-11)10-3-7-12(14)8-4-10;7-11(8,9)10-6-4-2-1-3-5-6;7-9-8-6-4-2-1-3-5-6;7-6-4-2-1-3-5-6;1-2;1-3-2/h1-23H;1-8,13-14H;1-5H;1-5H;1-5,7H;1H3;. The first-order valence-corrected chi connectivity index (χ1v) is 32.1. The Kier molecular flexibility index (Phi) is 31.5. The molecule has 0 spiro atoms. The van der Waals surface area contributed by atoms with Gasteiger partial charge in [0.2, 0.25) is 0 Å². The Morgan fingerprint density at radius 1 is 0.325 bits per heavy atom. The largest absolute Gasteiger partial charge is 0.647 e. The molecule has 10 rings (SSSR count). The number of benzene rings is 10. The lowest BCUT2D eigenvalue weighted by Gasteiger charge is -2.19. The van der Waals surface area contributed by atoms with Crippen molar-refractivity contribution in [3.8, 4) is 79.7 Å². The van der Waals surface area contributed by atoms with Gasteiger partial charge in [-0.1, -0.05) is 158 Å². The predicted molar refractivity (Wildman–Crippen MR) is 332 cm³/mol. The molecule has 0 saturated carbocycles. The summed E-state index contributed by atoms with van der Waals surface area (Å²) < 4.78 is 69.2. The number of phosphoric ester groups is 1. The Morgan fingerprint density at radius 3 is 0.843 bits per heavy atom. The first-order chi connectivity index (χ1) is 40.2. The Labute approximate surface area is 503 Å². The minimum absolute atomic E-state index is 0.257. The van der Waals surface area contributed by atoms with E-state index in [4.69, 9.17) is 65.7 Å². The quantitative estimate of drug-likeness (QED) is 0.0380. The molecule has 83 heavy (non-hydrogen) atoms. The number of phenols is 3. The maximum absolute atomic E-state index is 13.6. The van der Waals surface area contributed by atoms with Crippen LogP contribution in [-0.2, 0) is 18.3 Å². The van der Waals surface area contributed by atoms with Gasteiger partial charge in [-0.2, -0.15) is 4.57 Å². The molecular weight excluding hydrogens is 1220 g/mol. The Morgan fingerprint density at radius 2 is 0.554 bits per heavy atom. The van der Waals surface area contributed by atoms with Crippen molar-refractivity contribution in [3.63, 3.8) is 0 Å². The molecule has 428 valence electrons. The van der Waals surface area contributed by atoms with Crippen molar-refractivity contribution in [1.29, 1.82) is 0 Å². The Balaban J connectivity index is 0.000000260. The third-order valence-corrected chi connectivity index (χ3v) is 12.2. The molecule has 10 aromatic carbocycles. The summed E-state index contributed by atoms with van der Waals surface area (Å²) in [6.07, 6.45) is -1.97. The van der Waals surface area contributed by atoms with E-state index in [1.165, 1.54) is 6.38 Å². The normalized spacial score (nSPS) is 10.0. The van der Waals surface area contributed by atoms with Gasteiger partial charge in [-0.15, -0.1) is 11.6 Å². The molecule has 10 aromatic rings. The summed E-state index contributed by atoms with van der Waals surface area (Å²) in [6, 6.07) is 81.6. The summed E-state index contributed by atoms with van der Waals surface area (Å²) in [5.41, 5.74) is 3.93. The SMILES string of the molecule is CCl.O=P(Cl)(Cl)Oc1ccccc1.O=P(Oc1ccccc1)(Oc1ccccc1)Oc1ccc(-c2ccc(OOc3ccccc3)cc2)cc1.O=PCl.O=POc1ccccc1.Oc1ccc(-c2ccc(O)cc2)cc1.Oc1ccccc1. The van der Waals surface area contributed by atoms with Crippen molar-refractivity contribution >= 4 is 75.7 Å². The van der Waals surface area contributed by atoms with Gasteiger partial charge in [0.05, 0.1) is 0 Å². The molecule has 0 amide bonds. The molecule has 14 nitrogen and oxygen atoms in total. The third kappa shape index (κ3) is 28.5. The minimum Gasteiger partial charge on any atom is -0.508 e. The summed E-state index contributed by atoms with van der Waals surface area (Å²) in [6.45, 7) is 0. The maximum Gasteiger partial charge on any atom is 0.647 e. The van der Waals surface area contributed by atoms with Crippen LogP contribution in [0.4, 0.5) is 0 Å². The molecule has 0 radical (unpaired) electrons. The first-order valence-electron chi connectivity index (χ1n) is 24.0. The van der Waals surface area contributed by atoms with Crippen LogP contribution < -0.4 is 32.4 Å². The highest BCUT2D eigenvalue weighted by Gasteiger charge is 2.33. The van der Waals surface area contributed by atoms with Gasteiger partial charge in [0.25, 0.3) is 7.81 Å².